The Morgan fingerprint density at radius 1 is 1.40 bits per heavy atom. The van der Waals surface area contributed by atoms with Crippen LogP contribution in [0.2, 0.25) is 0 Å². The molecule has 1 aromatic carbocycles. The first kappa shape index (κ1) is 9.09. The second-order valence-corrected chi connectivity index (χ2v) is 4.80. The minimum atomic E-state index is -0.0387. The number of rotatable bonds is 1. The molecule has 3 rings (SSSR count). The molecule has 1 saturated carbocycles. The Morgan fingerprint density at radius 2 is 2.20 bits per heavy atom. The molecular weight excluding hydrogens is 256 g/mol. The summed E-state index contributed by atoms with van der Waals surface area (Å²) in [4.78, 5) is 19.1. The summed E-state index contributed by atoms with van der Waals surface area (Å²) < 4.78 is 0.904. The Morgan fingerprint density at radius 3 is 2.93 bits per heavy atom. The van der Waals surface area contributed by atoms with Crippen molar-refractivity contribution in [2.45, 2.75) is 18.8 Å². The van der Waals surface area contributed by atoms with Crippen LogP contribution in [0.4, 0.5) is 0 Å². The van der Waals surface area contributed by atoms with Crippen LogP contribution in [-0.2, 0) is 0 Å². The van der Waals surface area contributed by atoms with Crippen LogP contribution < -0.4 is 5.56 Å². The molecule has 0 unspecified atom stereocenters. The highest BCUT2D eigenvalue weighted by Crippen LogP contribution is 2.37. The van der Waals surface area contributed by atoms with Gasteiger partial charge in [-0.25, -0.2) is 4.98 Å². The molecule has 1 aliphatic carbocycles. The molecule has 1 aliphatic rings. The Balaban J connectivity index is 2.31. The van der Waals surface area contributed by atoms with E-state index in [0.29, 0.717) is 11.3 Å². The second-order valence-electron chi connectivity index (χ2n) is 3.89. The molecule has 0 amide bonds. The number of nitrogens with zero attached hydrogens (tertiary/aromatic N) is 1. The molecule has 0 saturated heterocycles. The maximum absolute atomic E-state index is 11.8. The van der Waals surface area contributed by atoms with Gasteiger partial charge in [-0.1, -0.05) is 15.9 Å². The zero-order valence-electron chi connectivity index (χ0n) is 7.96. The highest BCUT2D eigenvalue weighted by atomic mass is 79.9. The quantitative estimate of drug-likeness (QED) is 0.861. The van der Waals surface area contributed by atoms with Crippen molar-refractivity contribution in [1.82, 2.24) is 9.97 Å². The van der Waals surface area contributed by atoms with E-state index in [1.807, 2.05) is 12.1 Å². The van der Waals surface area contributed by atoms with Crippen molar-refractivity contribution >= 4 is 26.8 Å². The van der Waals surface area contributed by atoms with Crippen LogP contribution in [0.1, 0.15) is 24.6 Å². The van der Waals surface area contributed by atoms with Crippen LogP contribution in [0.15, 0.2) is 27.5 Å². The van der Waals surface area contributed by atoms with Crippen molar-refractivity contribution in [1.29, 1.82) is 0 Å². The number of hydrogen-bond donors (Lipinski definition) is 1. The fraction of sp³-hybridized carbons (Fsp3) is 0.273. The van der Waals surface area contributed by atoms with Gasteiger partial charge in [-0.15, -0.1) is 0 Å². The number of fused-ring (bicyclic) bond motifs is 1. The molecule has 1 N–H and O–H groups in total. The molecule has 1 heterocycles. The molecule has 0 aliphatic heterocycles. The van der Waals surface area contributed by atoms with Crippen molar-refractivity contribution in [2.75, 3.05) is 0 Å². The van der Waals surface area contributed by atoms with E-state index in [-0.39, 0.29) is 5.56 Å². The number of nitrogens with one attached hydrogen (secondary N) is 1. The smallest absolute Gasteiger partial charge is 0.258 e. The molecule has 0 spiro atoms. The first-order valence-electron chi connectivity index (χ1n) is 4.93. The fourth-order valence-corrected chi connectivity index (χ4v) is 2.04. The lowest BCUT2D eigenvalue weighted by atomic mass is 10.2. The van der Waals surface area contributed by atoms with Gasteiger partial charge < -0.3 is 4.98 Å². The molecule has 3 nitrogen and oxygen atoms in total. The summed E-state index contributed by atoms with van der Waals surface area (Å²) in [5.74, 6) is 1.32. The van der Waals surface area contributed by atoms with E-state index in [2.05, 4.69) is 25.9 Å². The number of aromatic amines is 1. The van der Waals surface area contributed by atoms with Gasteiger partial charge in [-0.2, -0.15) is 0 Å². The lowest BCUT2D eigenvalue weighted by Crippen LogP contribution is -2.11. The standard InChI is InChI=1S/C11H9BrN2O/c12-7-3-4-9-8(5-7)11(15)14-10(13-9)6-1-2-6/h3-6H,1-2H2,(H,13,14,15). The Hall–Kier alpha value is -1.16. The molecule has 15 heavy (non-hydrogen) atoms. The van der Waals surface area contributed by atoms with Crippen LogP contribution in [0, 0.1) is 0 Å². The predicted octanol–water partition coefficient (Wildman–Crippen LogP) is 2.56. The van der Waals surface area contributed by atoms with Gasteiger partial charge in [0.1, 0.15) is 5.82 Å². The van der Waals surface area contributed by atoms with Crippen molar-refractivity contribution in [2.24, 2.45) is 0 Å². The second kappa shape index (κ2) is 3.17. The monoisotopic (exact) mass is 264 g/mol. The van der Waals surface area contributed by atoms with Crippen molar-refractivity contribution in [3.8, 4) is 0 Å². The number of halogens is 1. The van der Waals surface area contributed by atoms with E-state index < -0.39 is 0 Å². The molecule has 2 aromatic rings. The zero-order valence-corrected chi connectivity index (χ0v) is 9.54. The molecule has 76 valence electrons. The summed E-state index contributed by atoms with van der Waals surface area (Å²) in [6.07, 6.45) is 2.29. The van der Waals surface area contributed by atoms with Gasteiger partial charge in [0.15, 0.2) is 0 Å². The van der Waals surface area contributed by atoms with Gasteiger partial charge in [0.2, 0.25) is 0 Å². The average Bonchev–Trinajstić information content (AvgIpc) is 3.02. The third-order valence-electron chi connectivity index (χ3n) is 2.65. The minimum Gasteiger partial charge on any atom is -0.310 e. The molecule has 1 fully saturated rings. The normalized spacial score (nSPS) is 15.8. The summed E-state index contributed by atoms with van der Waals surface area (Å²) in [7, 11) is 0. The van der Waals surface area contributed by atoms with Gasteiger partial charge >= 0.3 is 0 Å². The van der Waals surface area contributed by atoms with Gasteiger partial charge in [0, 0.05) is 10.4 Å². The van der Waals surface area contributed by atoms with Crippen LogP contribution in [0.3, 0.4) is 0 Å². The molecule has 0 radical (unpaired) electrons. The topological polar surface area (TPSA) is 45.8 Å². The Kier molecular flexibility index (Phi) is 1.92. The Labute approximate surface area is 94.7 Å². The summed E-state index contributed by atoms with van der Waals surface area (Å²) >= 11 is 3.35. The molecule has 4 heteroatoms. The van der Waals surface area contributed by atoms with Crippen LogP contribution in [0.5, 0.6) is 0 Å². The zero-order chi connectivity index (χ0) is 10.4. The number of H-pyrrole nitrogens is 1. The minimum absolute atomic E-state index is 0.0387. The summed E-state index contributed by atoms with van der Waals surface area (Å²) in [5.41, 5.74) is 0.743. The first-order valence-corrected chi connectivity index (χ1v) is 5.73. The van der Waals surface area contributed by atoms with Crippen LogP contribution in [0.25, 0.3) is 10.9 Å². The van der Waals surface area contributed by atoms with E-state index in [4.69, 9.17) is 0 Å². The average molecular weight is 265 g/mol. The summed E-state index contributed by atoms with van der Waals surface area (Å²) in [5, 5.41) is 0.647. The lowest BCUT2D eigenvalue weighted by molar-refractivity contribution is 0.931. The van der Waals surface area contributed by atoms with Crippen LogP contribution >= 0.6 is 15.9 Å². The molecule has 0 bridgehead atoms. The highest BCUT2D eigenvalue weighted by molar-refractivity contribution is 9.10. The van der Waals surface area contributed by atoms with E-state index in [1.54, 1.807) is 6.07 Å². The largest absolute Gasteiger partial charge is 0.310 e. The van der Waals surface area contributed by atoms with Gasteiger partial charge in [-0.3, -0.25) is 4.79 Å². The van der Waals surface area contributed by atoms with Crippen LogP contribution in [-0.4, -0.2) is 9.97 Å². The molecule has 0 atom stereocenters. The lowest BCUT2D eigenvalue weighted by Gasteiger charge is -2.01. The summed E-state index contributed by atoms with van der Waals surface area (Å²) in [6, 6.07) is 5.59. The maximum Gasteiger partial charge on any atom is 0.258 e. The SMILES string of the molecule is O=c1[nH]c(C2CC2)nc2ccc(Br)cc12. The van der Waals surface area contributed by atoms with E-state index in [9.17, 15) is 4.79 Å². The van der Waals surface area contributed by atoms with E-state index in [0.717, 1.165) is 28.7 Å². The van der Waals surface area contributed by atoms with Crippen molar-refractivity contribution < 1.29 is 0 Å². The predicted molar refractivity (Wildman–Crippen MR) is 62.0 cm³/mol. The van der Waals surface area contributed by atoms with Crippen molar-refractivity contribution in [3.63, 3.8) is 0 Å². The highest BCUT2D eigenvalue weighted by Gasteiger charge is 2.26. The Bertz CT molecular complexity index is 587. The van der Waals surface area contributed by atoms with Gasteiger partial charge in [0.25, 0.3) is 5.56 Å². The van der Waals surface area contributed by atoms with E-state index in [1.165, 1.54) is 0 Å². The third-order valence-corrected chi connectivity index (χ3v) is 3.14. The molecular formula is C11H9BrN2O. The van der Waals surface area contributed by atoms with Gasteiger partial charge in [-0.05, 0) is 31.0 Å². The first-order chi connectivity index (χ1) is 7.24. The summed E-state index contributed by atoms with van der Waals surface area (Å²) in [6.45, 7) is 0. The van der Waals surface area contributed by atoms with Crippen molar-refractivity contribution in [3.05, 3.63) is 38.9 Å². The molecule has 1 aromatic heterocycles. The van der Waals surface area contributed by atoms with E-state index >= 15 is 0 Å². The third kappa shape index (κ3) is 1.59. The number of benzene rings is 1. The fourth-order valence-electron chi connectivity index (χ4n) is 1.68. The number of aromatic nitrogens is 2. The number of hydrogen-bond acceptors (Lipinski definition) is 2. The maximum atomic E-state index is 11.8. The van der Waals surface area contributed by atoms with Gasteiger partial charge in [0.05, 0.1) is 10.9 Å².